The maximum Gasteiger partial charge on any atom is 0.223 e. The van der Waals surface area contributed by atoms with Crippen LogP contribution in [-0.2, 0) is 14.3 Å². The number of amides is 1. The van der Waals surface area contributed by atoms with E-state index in [0.29, 0.717) is 19.8 Å². The quantitative estimate of drug-likeness (QED) is 0.735. The number of hydrogen-bond donors (Lipinski definition) is 1. The Balaban J connectivity index is 1.75. The van der Waals surface area contributed by atoms with Gasteiger partial charge in [-0.2, -0.15) is 0 Å². The molecular formula is C17H31NO3. The van der Waals surface area contributed by atoms with E-state index in [1.54, 1.807) is 0 Å². The summed E-state index contributed by atoms with van der Waals surface area (Å²) in [4.78, 5) is 12.4. The first-order valence-electron chi connectivity index (χ1n) is 8.75. The van der Waals surface area contributed by atoms with Crippen LogP contribution in [0.15, 0.2) is 0 Å². The zero-order valence-corrected chi connectivity index (χ0v) is 13.6. The number of hydrogen-bond acceptors (Lipinski definition) is 3. The molecule has 2 fully saturated rings. The van der Waals surface area contributed by atoms with Crippen LogP contribution in [0.1, 0.15) is 58.8 Å². The molecule has 1 N–H and O–H groups in total. The van der Waals surface area contributed by atoms with Crippen LogP contribution in [0.3, 0.4) is 0 Å². The molecule has 0 radical (unpaired) electrons. The third-order valence-electron chi connectivity index (χ3n) is 5.06. The van der Waals surface area contributed by atoms with E-state index >= 15 is 0 Å². The lowest BCUT2D eigenvalue weighted by Crippen LogP contribution is -2.41. The van der Waals surface area contributed by atoms with E-state index in [1.165, 1.54) is 32.1 Å². The van der Waals surface area contributed by atoms with Crippen molar-refractivity contribution in [1.82, 2.24) is 5.32 Å². The number of fused-ring (bicyclic) bond motifs is 1. The van der Waals surface area contributed by atoms with Crippen molar-refractivity contribution >= 4 is 5.91 Å². The fraction of sp³-hybridized carbons (Fsp3) is 0.941. The lowest BCUT2D eigenvalue weighted by Gasteiger charge is -2.38. The molecule has 3 unspecified atom stereocenters. The summed E-state index contributed by atoms with van der Waals surface area (Å²) in [6.07, 6.45) is 8.53. The molecule has 0 aromatic carbocycles. The van der Waals surface area contributed by atoms with Gasteiger partial charge < -0.3 is 14.8 Å². The van der Waals surface area contributed by atoms with Crippen LogP contribution in [0.5, 0.6) is 0 Å². The Labute approximate surface area is 129 Å². The van der Waals surface area contributed by atoms with Gasteiger partial charge in [0.1, 0.15) is 0 Å². The number of carbonyl (C=O) groups excluding carboxylic acids is 1. The summed E-state index contributed by atoms with van der Waals surface area (Å²) in [6, 6.07) is 0. The topological polar surface area (TPSA) is 47.6 Å². The standard InChI is InChI=1S/C17H31NO3/c1-3-20-16(21-4-2)12-18-17(19)15-10-9-13-7-5-6-8-14(13)11-15/h13-16H,3-12H2,1-2H3,(H,18,19). The molecule has 2 rings (SSSR count). The highest BCUT2D eigenvalue weighted by Gasteiger charge is 2.35. The number of ether oxygens (including phenoxy) is 2. The number of carbonyl (C=O) groups is 1. The van der Waals surface area contributed by atoms with Crippen LogP contribution >= 0.6 is 0 Å². The SMILES string of the molecule is CCOC(CNC(=O)C1CCC2CCCCC2C1)OCC. The predicted octanol–water partition coefficient (Wildman–Crippen LogP) is 3.11. The molecule has 2 saturated carbocycles. The minimum atomic E-state index is -0.310. The Kier molecular flexibility index (Phi) is 6.97. The fourth-order valence-electron chi connectivity index (χ4n) is 3.98. The molecule has 122 valence electrons. The highest BCUT2D eigenvalue weighted by atomic mass is 16.7. The monoisotopic (exact) mass is 297 g/mol. The van der Waals surface area contributed by atoms with Gasteiger partial charge >= 0.3 is 0 Å². The fourth-order valence-corrected chi connectivity index (χ4v) is 3.98. The minimum absolute atomic E-state index is 0.198. The van der Waals surface area contributed by atoms with E-state index in [9.17, 15) is 4.79 Å². The van der Waals surface area contributed by atoms with Crippen molar-refractivity contribution in [3.05, 3.63) is 0 Å². The Bertz CT molecular complexity index is 315. The summed E-state index contributed by atoms with van der Waals surface area (Å²) in [5, 5.41) is 3.03. The van der Waals surface area contributed by atoms with Crippen molar-refractivity contribution in [2.75, 3.05) is 19.8 Å². The van der Waals surface area contributed by atoms with E-state index in [4.69, 9.17) is 9.47 Å². The largest absolute Gasteiger partial charge is 0.351 e. The molecule has 0 bridgehead atoms. The van der Waals surface area contributed by atoms with E-state index in [1.807, 2.05) is 13.8 Å². The zero-order valence-electron chi connectivity index (χ0n) is 13.6. The number of rotatable bonds is 7. The van der Waals surface area contributed by atoms with Gasteiger partial charge in [0.2, 0.25) is 5.91 Å². The molecule has 2 aliphatic carbocycles. The first-order chi connectivity index (χ1) is 10.2. The molecule has 0 aliphatic heterocycles. The first-order valence-corrected chi connectivity index (χ1v) is 8.75. The third-order valence-corrected chi connectivity index (χ3v) is 5.06. The van der Waals surface area contributed by atoms with Crippen molar-refractivity contribution in [2.45, 2.75) is 65.1 Å². The van der Waals surface area contributed by atoms with E-state index in [0.717, 1.165) is 24.7 Å². The Hall–Kier alpha value is -0.610. The summed E-state index contributed by atoms with van der Waals surface area (Å²) < 4.78 is 10.9. The zero-order chi connectivity index (χ0) is 15.1. The first kappa shape index (κ1) is 16.8. The third kappa shape index (κ3) is 4.96. The van der Waals surface area contributed by atoms with Crippen LogP contribution in [-0.4, -0.2) is 32.0 Å². The van der Waals surface area contributed by atoms with Crippen molar-refractivity contribution in [1.29, 1.82) is 0 Å². The molecule has 0 spiro atoms. The van der Waals surface area contributed by atoms with Gasteiger partial charge in [0.15, 0.2) is 6.29 Å². The van der Waals surface area contributed by atoms with Crippen molar-refractivity contribution in [2.24, 2.45) is 17.8 Å². The van der Waals surface area contributed by atoms with Gasteiger partial charge in [0, 0.05) is 19.1 Å². The molecule has 3 atom stereocenters. The van der Waals surface area contributed by atoms with Crippen LogP contribution in [0.2, 0.25) is 0 Å². The summed E-state index contributed by atoms with van der Waals surface area (Å²) in [6.45, 7) is 5.56. The number of nitrogens with one attached hydrogen (secondary N) is 1. The molecule has 21 heavy (non-hydrogen) atoms. The van der Waals surface area contributed by atoms with Crippen LogP contribution in [0.4, 0.5) is 0 Å². The maximum absolute atomic E-state index is 12.4. The Morgan fingerprint density at radius 1 is 1.05 bits per heavy atom. The van der Waals surface area contributed by atoms with Gasteiger partial charge in [-0.1, -0.05) is 25.7 Å². The predicted molar refractivity (Wildman–Crippen MR) is 82.8 cm³/mol. The smallest absolute Gasteiger partial charge is 0.223 e. The van der Waals surface area contributed by atoms with Crippen molar-refractivity contribution in [3.63, 3.8) is 0 Å². The summed E-state index contributed by atoms with van der Waals surface area (Å²) in [7, 11) is 0. The van der Waals surface area contributed by atoms with Crippen LogP contribution in [0, 0.1) is 17.8 Å². The lowest BCUT2D eigenvalue weighted by molar-refractivity contribution is -0.143. The van der Waals surface area contributed by atoms with Gasteiger partial charge in [0.05, 0.1) is 6.54 Å². The maximum atomic E-state index is 12.4. The van der Waals surface area contributed by atoms with Gasteiger partial charge in [0.25, 0.3) is 0 Å². The summed E-state index contributed by atoms with van der Waals surface area (Å²) in [5.41, 5.74) is 0. The molecule has 0 aromatic rings. The average Bonchev–Trinajstić information content (AvgIpc) is 2.52. The molecule has 0 aromatic heterocycles. The van der Waals surface area contributed by atoms with Gasteiger partial charge in [-0.15, -0.1) is 0 Å². The highest BCUT2D eigenvalue weighted by molar-refractivity contribution is 5.78. The second-order valence-electron chi connectivity index (χ2n) is 6.40. The average molecular weight is 297 g/mol. The molecule has 0 saturated heterocycles. The molecular weight excluding hydrogens is 266 g/mol. The second kappa shape index (κ2) is 8.74. The highest BCUT2D eigenvalue weighted by Crippen LogP contribution is 2.42. The van der Waals surface area contributed by atoms with Gasteiger partial charge in [-0.05, 0) is 44.9 Å². The molecule has 2 aliphatic rings. The second-order valence-corrected chi connectivity index (χ2v) is 6.40. The van der Waals surface area contributed by atoms with Crippen LogP contribution < -0.4 is 5.32 Å². The lowest BCUT2D eigenvalue weighted by atomic mass is 9.67. The Morgan fingerprint density at radius 3 is 2.38 bits per heavy atom. The van der Waals surface area contributed by atoms with Gasteiger partial charge in [-0.25, -0.2) is 0 Å². The van der Waals surface area contributed by atoms with Gasteiger partial charge in [-0.3, -0.25) is 4.79 Å². The van der Waals surface area contributed by atoms with Crippen molar-refractivity contribution < 1.29 is 14.3 Å². The molecule has 0 heterocycles. The van der Waals surface area contributed by atoms with E-state index in [2.05, 4.69) is 5.32 Å². The normalized spacial score (nSPS) is 29.2. The minimum Gasteiger partial charge on any atom is -0.351 e. The summed E-state index contributed by atoms with van der Waals surface area (Å²) >= 11 is 0. The molecule has 4 nitrogen and oxygen atoms in total. The summed E-state index contributed by atoms with van der Waals surface area (Å²) in [5.74, 6) is 2.08. The van der Waals surface area contributed by atoms with E-state index < -0.39 is 0 Å². The Morgan fingerprint density at radius 2 is 1.71 bits per heavy atom. The van der Waals surface area contributed by atoms with E-state index in [-0.39, 0.29) is 18.1 Å². The van der Waals surface area contributed by atoms with Crippen LogP contribution in [0.25, 0.3) is 0 Å². The molecule has 1 amide bonds. The molecule has 4 heteroatoms. The van der Waals surface area contributed by atoms with Crippen molar-refractivity contribution in [3.8, 4) is 0 Å².